The third-order valence-electron chi connectivity index (χ3n) is 3.73. The zero-order valence-corrected chi connectivity index (χ0v) is 15.9. The summed E-state index contributed by atoms with van der Waals surface area (Å²) in [5.74, 6) is 2.02. The fourth-order valence-electron chi connectivity index (χ4n) is 2.41. The van der Waals surface area contributed by atoms with E-state index in [4.69, 9.17) is 14.2 Å². The van der Waals surface area contributed by atoms with Gasteiger partial charge in [-0.15, -0.1) is 0 Å². The lowest BCUT2D eigenvalue weighted by Gasteiger charge is -2.29. The average Bonchev–Trinajstić information content (AvgIpc) is 2.53. The van der Waals surface area contributed by atoms with Crippen LogP contribution in [0.2, 0.25) is 0 Å². The van der Waals surface area contributed by atoms with Crippen LogP contribution in [0.1, 0.15) is 33.3 Å². The Labute approximate surface area is 146 Å². The summed E-state index contributed by atoms with van der Waals surface area (Å²) in [6.45, 7) is 10.8. The van der Waals surface area contributed by atoms with Crippen molar-refractivity contribution in [3.8, 4) is 11.5 Å². The van der Waals surface area contributed by atoms with Gasteiger partial charge in [0.05, 0.1) is 26.9 Å². The normalized spacial score (nSPS) is 12.9. The van der Waals surface area contributed by atoms with Crippen molar-refractivity contribution in [2.24, 2.45) is 5.92 Å². The van der Waals surface area contributed by atoms with Gasteiger partial charge in [-0.25, -0.2) is 0 Å². The minimum Gasteiger partial charge on any atom is -0.497 e. The molecule has 1 atom stereocenters. The maximum atomic E-state index is 10.2. The highest BCUT2D eigenvalue weighted by molar-refractivity contribution is 5.38. The van der Waals surface area contributed by atoms with Crippen molar-refractivity contribution in [3.63, 3.8) is 0 Å². The van der Waals surface area contributed by atoms with Crippen molar-refractivity contribution in [3.05, 3.63) is 23.8 Å². The van der Waals surface area contributed by atoms with E-state index in [1.807, 2.05) is 18.2 Å². The highest BCUT2D eigenvalue weighted by atomic mass is 16.5. The minimum absolute atomic E-state index is 0.307. The largest absolute Gasteiger partial charge is 0.497 e. The highest BCUT2D eigenvalue weighted by Gasteiger charge is 2.16. The van der Waals surface area contributed by atoms with Gasteiger partial charge in [0.2, 0.25) is 0 Å². The molecule has 0 aliphatic rings. The van der Waals surface area contributed by atoms with Gasteiger partial charge >= 0.3 is 0 Å². The zero-order chi connectivity index (χ0) is 18.1. The molecule has 1 aromatic rings. The van der Waals surface area contributed by atoms with Crippen LogP contribution in [-0.2, 0) is 11.3 Å². The first kappa shape index (κ1) is 20.7. The van der Waals surface area contributed by atoms with Gasteiger partial charge in [0.1, 0.15) is 11.5 Å². The van der Waals surface area contributed by atoms with E-state index in [1.54, 1.807) is 14.2 Å². The van der Waals surface area contributed by atoms with Gasteiger partial charge in [0.25, 0.3) is 0 Å². The zero-order valence-electron chi connectivity index (χ0n) is 15.9. The van der Waals surface area contributed by atoms with E-state index in [2.05, 4.69) is 32.6 Å². The standard InChI is InChI=1S/C19H33NO4/c1-14(2)12-24-13-17(21)11-20(15(3)4)10-16-7-18(22-5)9-19(8-16)23-6/h7-9,14-15,17,21H,10-13H2,1-6H3/t17-/m1/s1. The minimum atomic E-state index is -0.501. The Morgan fingerprint density at radius 2 is 1.54 bits per heavy atom. The first-order chi connectivity index (χ1) is 11.3. The van der Waals surface area contributed by atoms with Crippen LogP contribution in [0.4, 0.5) is 0 Å². The average molecular weight is 339 g/mol. The SMILES string of the molecule is COc1cc(CN(C[C@@H](O)COCC(C)C)C(C)C)cc(OC)c1. The lowest BCUT2D eigenvalue weighted by Crippen LogP contribution is -2.39. The maximum absolute atomic E-state index is 10.2. The van der Waals surface area contributed by atoms with Crippen molar-refractivity contribution in [2.75, 3.05) is 34.0 Å². The molecule has 138 valence electrons. The van der Waals surface area contributed by atoms with E-state index in [0.29, 0.717) is 38.3 Å². The first-order valence-corrected chi connectivity index (χ1v) is 8.57. The molecule has 0 saturated heterocycles. The van der Waals surface area contributed by atoms with Gasteiger partial charge in [0.15, 0.2) is 0 Å². The molecule has 0 amide bonds. The molecule has 0 spiro atoms. The molecule has 0 saturated carbocycles. The summed E-state index contributed by atoms with van der Waals surface area (Å²) in [6, 6.07) is 6.17. The van der Waals surface area contributed by atoms with Crippen LogP contribution in [0.5, 0.6) is 11.5 Å². The van der Waals surface area contributed by atoms with Crippen LogP contribution in [0.15, 0.2) is 18.2 Å². The van der Waals surface area contributed by atoms with Crippen molar-refractivity contribution in [2.45, 2.75) is 46.4 Å². The molecule has 0 aromatic heterocycles. The third-order valence-corrected chi connectivity index (χ3v) is 3.73. The molecule has 1 aromatic carbocycles. The van der Waals surface area contributed by atoms with Crippen molar-refractivity contribution >= 4 is 0 Å². The fourth-order valence-corrected chi connectivity index (χ4v) is 2.41. The van der Waals surface area contributed by atoms with Crippen molar-refractivity contribution in [1.82, 2.24) is 4.90 Å². The molecular weight excluding hydrogens is 306 g/mol. The molecule has 0 aliphatic heterocycles. The monoisotopic (exact) mass is 339 g/mol. The number of hydrogen-bond donors (Lipinski definition) is 1. The molecule has 24 heavy (non-hydrogen) atoms. The summed E-state index contributed by atoms with van der Waals surface area (Å²) >= 11 is 0. The maximum Gasteiger partial charge on any atom is 0.122 e. The summed E-state index contributed by atoms with van der Waals surface area (Å²) < 4.78 is 16.2. The van der Waals surface area contributed by atoms with Gasteiger partial charge in [0, 0.05) is 31.8 Å². The van der Waals surface area contributed by atoms with E-state index in [-0.39, 0.29) is 0 Å². The summed E-state index contributed by atoms with van der Waals surface area (Å²) in [6.07, 6.45) is -0.501. The van der Waals surface area contributed by atoms with E-state index in [0.717, 1.165) is 17.1 Å². The molecule has 0 heterocycles. The van der Waals surface area contributed by atoms with E-state index in [1.165, 1.54) is 0 Å². The molecule has 0 fully saturated rings. The van der Waals surface area contributed by atoms with Gasteiger partial charge in [-0.05, 0) is 37.5 Å². The van der Waals surface area contributed by atoms with Gasteiger partial charge in [-0.1, -0.05) is 13.8 Å². The number of hydrogen-bond acceptors (Lipinski definition) is 5. The number of ether oxygens (including phenoxy) is 3. The predicted octanol–water partition coefficient (Wildman–Crippen LogP) is 2.95. The fraction of sp³-hybridized carbons (Fsp3) is 0.684. The highest BCUT2D eigenvalue weighted by Crippen LogP contribution is 2.24. The first-order valence-electron chi connectivity index (χ1n) is 8.57. The van der Waals surface area contributed by atoms with Crippen molar-refractivity contribution in [1.29, 1.82) is 0 Å². The number of aliphatic hydroxyl groups excluding tert-OH is 1. The Bertz CT molecular complexity index is 454. The predicted molar refractivity (Wildman–Crippen MR) is 96.8 cm³/mol. The van der Waals surface area contributed by atoms with Gasteiger partial charge in [-0.3, -0.25) is 4.90 Å². The Kier molecular flexibility index (Phi) is 9.11. The van der Waals surface area contributed by atoms with Crippen LogP contribution < -0.4 is 9.47 Å². The second-order valence-corrected chi connectivity index (χ2v) is 6.83. The third kappa shape index (κ3) is 7.51. The van der Waals surface area contributed by atoms with Crippen LogP contribution in [-0.4, -0.2) is 56.1 Å². The summed E-state index contributed by atoms with van der Waals surface area (Å²) in [5.41, 5.74) is 1.09. The molecule has 0 unspecified atom stereocenters. The van der Waals surface area contributed by atoms with E-state index < -0.39 is 6.10 Å². The molecular formula is C19H33NO4. The van der Waals surface area contributed by atoms with E-state index in [9.17, 15) is 5.11 Å². The molecule has 5 nitrogen and oxygen atoms in total. The molecule has 5 heteroatoms. The van der Waals surface area contributed by atoms with Crippen molar-refractivity contribution < 1.29 is 19.3 Å². The number of methoxy groups -OCH3 is 2. The Hall–Kier alpha value is -1.30. The summed E-state index contributed by atoms with van der Waals surface area (Å²) in [5, 5.41) is 10.2. The summed E-state index contributed by atoms with van der Waals surface area (Å²) in [4.78, 5) is 2.22. The number of nitrogens with zero attached hydrogens (tertiary/aromatic N) is 1. The second kappa shape index (κ2) is 10.5. The number of benzene rings is 1. The number of aliphatic hydroxyl groups is 1. The Balaban J connectivity index is 2.69. The van der Waals surface area contributed by atoms with Crippen LogP contribution >= 0.6 is 0 Å². The molecule has 1 N–H and O–H groups in total. The lowest BCUT2D eigenvalue weighted by atomic mass is 10.1. The van der Waals surface area contributed by atoms with E-state index >= 15 is 0 Å². The van der Waals surface area contributed by atoms with Gasteiger partial charge in [-0.2, -0.15) is 0 Å². The van der Waals surface area contributed by atoms with Crippen LogP contribution in [0.25, 0.3) is 0 Å². The number of rotatable bonds is 11. The lowest BCUT2D eigenvalue weighted by molar-refractivity contribution is 0.00172. The van der Waals surface area contributed by atoms with Crippen LogP contribution in [0.3, 0.4) is 0 Å². The molecule has 0 radical (unpaired) electrons. The molecule has 1 rings (SSSR count). The second-order valence-electron chi connectivity index (χ2n) is 6.83. The molecule has 0 bridgehead atoms. The molecule has 0 aliphatic carbocycles. The smallest absolute Gasteiger partial charge is 0.122 e. The quantitative estimate of drug-likeness (QED) is 0.672. The Morgan fingerprint density at radius 1 is 0.958 bits per heavy atom. The summed E-state index contributed by atoms with van der Waals surface area (Å²) in [7, 11) is 3.29. The van der Waals surface area contributed by atoms with Crippen LogP contribution in [0, 0.1) is 5.92 Å². The Morgan fingerprint density at radius 3 is 2.00 bits per heavy atom. The van der Waals surface area contributed by atoms with Gasteiger partial charge < -0.3 is 19.3 Å². The topological polar surface area (TPSA) is 51.2 Å².